The van der Waals surface area contributed by atoms with Crippen LogP contribution in [0.25, 0.3) is 0 Å². The van der Waals surface area contributed by atoms with E-state index in [1.165, 1.54) is 5.56 Å². The first kappa shape index (κ1) is 18.2. The zero-order valence-electron chi connectivity index (χ0n) is 14.2. The Hall–Kier alpha value is -1.56. The molecular weight excluding hydrogens is 402 g/mol. The Morgan fingerprint density at radius 1 is 1.12 bits per heavy atom. The number of piperazine rings is 1. The Morgan fingerprint density at radius 3 is 2.48 bits per heavy atom. The molecule has 2 aromatic carbocycles. The molecule has 25 heavy (non-hydrogen) atoms. The fourth-order valence-corrected chi connectivity index (χ4v) is 3.45. The minimum atomic E-state index is 0.785. The van der Waals surface area contributed by atoms with Gasteiger partial charge in [0.05, 0.1) is 17.8 Å². The van der Waals surface area contributed by atoms with Gasteiger partial charge in [0.2, 0.25) is 0 Å². The molecule has 0 bridgehead atoms. The third-order valence-electron chi connectivity index (χ3n) is 4.21. The topological polar surface area (TPSA) is 28.1 Å². The summed E-state index contributed by atoms with van der Waals surface area (Å²) in [5.74, 6) is 0.827. The maximum atomic E-state index is 5.94. The van der Waals surface area contributed by atoms with E-state index in [-0.39, 0.29) is 0 Å². The van der Waals surface area contributed by atoms with Gasteiger partial charge in [0.1, 0.15) is 5.75 Å². The molecule has 0 saturated carbocycles. The number of halogens is 2. The van der Waals surface area contributed by atoms with Crippen LogP contribution in [0.15, 0.2) is 52.0 Å². The third kappa shape index (κ3) is 5.21. The number of methoxy groups -OCH3 is 1. The van der Waals surface area contributed by atoms with Crippen LogP contribution >= 0.6 is 27.5 Å². The van der Waals surface area contributed by atoms with Crippen molar-refractivity contribution in [1.82, 2.24) is 9.91 Å². The fourth-order valence-electron chi connectivity index (χ4n) is 2.77. The lowest BCUT2D eigenvalue weighted by Gasteiger charge is -2.33. The zero-order valence-corrected chi connectivity index (χ0v) is 16.5. The van der Waals surface area contributed by atoms with Crippen LogP contribution in [-0.4, -0.2) is 49.4 Å². The lowest BCUT2D eigenvalue weighted by Crippen LogP contribution is -2.43. The van der Waals surface area contributed by atoms with Crippen molar-refractivity contribution in [3.05, 3.63) is 63.1 Å². The number of ether oxygens (including phenoxy) is 1. The van der Waals surface area contributed by atoms with Gasteiger partial charge in [0, 0.05) is 37.7 Å². The van der Waals surface area contributed by atoms with E-state index in [2.05, 4.69) is 43.1 Å². The van der Waals surface area contributed by atoms with E-state index in [1.807, 2.05) is 36.5 Å². The van der Waals surface area contributed by atoms with Gasteiger partial charge < -0.3 is 4.74 Å². The molecule has 1 saturated heterocycles. The van der Waals surface area contributed by atoms with Crippen molar-refractivity contribution in [2.45, 2.75) is 6.54 Å². The van der Waals surface area contributed by atoms with Crippen LogP contribution < -0.4 is 4.74 Å². The van der Waals surface area contributed by atoms with Crippen molar-refractivity contribution >= 4 is 33.7 Å². The van der Waals surface area contributed by atoms with Crippen LogP contribution in [-0.2, 0) is 6.54 Å². The van der Waals surface area contributed by atoms with Crippen molar-refractivity contribution in [3.63, 3.8) is 0 Å². The highest BCUT2D eigenvalue weighted by Gasteiger charge is 2.15. The van der Waals surface area contributed by atoms with Crippen LogP contribution in [0.5, 0.6) is 5.75 Å². The zero-order chi connectivity index (χ0) is 17.6. The van der Waals surface area contributed by atoms with Crippen molar-refractivity contribution in [2.24, 2.45) is 5.10 Å². The number of benzene rings is 2. The van der Waals surface area contributed by atoms with Crippen molar-refractivity contribution in [1.29, 1.82) is 0 Å². The Kier molecular flexibility index (Phi) is 6.34. The molecule has 0 amide bonds. The van der Waals surface area contributed by atoms with E-state index in [0.29, 0.717) is 0 Å². The van der Waals surface area contributed by atoms with E-state index in [1.54, 1.807) is 7.11 Å². The Balaban J connectivity index is 1.50. The van der Waals surface area contributed by atoms with Gasteiger partial charge in [-0.15, -0.1) is 0 Å². The first-order valence-electron chi connectivity index (χ1n) is 8.23. The molecule has 0 unspecified atom stereocenters. The largest absolute Gasteiger partial charge is 0.496 e. The highest BCUT2D eigenvalue weighted by atomic mass is 79.9. The second-order valence-corrected chi connectivity index (χ2v) is 7.29. The maximum Gasteiger partial charge on any atom is 0.133 e. The van der Waals surface area contributed by atoms with Crippen LogP contribution in [0, 0.1) is 0 Å². The van der Waals surface area contributed by atoms with Gasteiger partial charge in [-0.2, -0.15) is 5.10 Å². The normalized spacial score (nSPS) is 15.7. The smallest absolute Gasteiger partial charge is 0.133 e. The molecule has 2 aromatic rings. The van der Waals surface area contributed by atoms with Gasteiger partial charge in [-0.25, -0.2) is 0 Å². The third-order valence-corrected chi connectivity index (χ3v) is 5.09. The summed E-state index contributed by atoms with van der Waals surface area (Å²) in [6.45, 7) is 4.83. The number of hydrogen-bond donors (Lipinski definition) is 0. The number of rotatable bonds is 5. The van der Waals surface area contributed by atoms with Gasteiger partial charge in [-0.1, -0.05) is 23.7 Å². The average Bonchev–Trinajstić information content (AvgIpc) is 2.63. The lowest BCUT2D eigenvalue weighted by molar-refractivity contribution is 0.131. The Bertz CT molecular complexity index is 728. The van der Waals surface area contributed by atoms with Gasteiger partial charge in [-0.3, -0.25) is 9.91 Å². The van der Waals surface area contributed by atoms with Crippen LogP contribution in [0.2, 0.25) is 5.02 Å². The highest BCUT2D eigenvalue weighted by Crippen LogP contribution is 2.24. The molecule has 0 atom stereocenters. The first-order valence-corrected chi connectivity index (χ1v) is 9.40. The summed E-state index contributed by atoms with van der Waals surface area (Å²) < 4.78 is 6.18. The summed E-state index contributed by atoms with van der Waals surface area (Å²) in [7, 11) is 1.66. The molecule has 0 aromatic heterocycles. The van der Waals surface area contributed by atoms with Crippen LogP contribution in [0.4, 0.5) is 0 Å². The number of hydrazone groups is 1. The SMILES string of the molecule is COc1ccc(C=NN2CCN(Cc3ccc(Cl)cc3)CC2)cc1Br. The lowest BCUT2D eigenvalue weighted by atomic mass is 10.2. The minimum Gasteiger partial charge on any atom is -0.496 e. The second kappa shape index (κ2) is 8.70. The monoisotopic (exact) mass is 421 g/mol. The van der Waals surface area contributed by atoms with Crippen LogP contribution in [0.1, 0.15) is 11.1 Å². The summed E-state index contributed by atoms with van der Waals surface area (Å²) in [6, 6.07) is 14.0. The quantitative estimate of drug-likeness (QED) is 0.674. The molecule has 0 radical (unpaired) electrons. The van der Waals surface area contributed by atoms with Crippen LogP contribution in [0.3, 0.4) is 0 Å². The molecule has 0 N–H and O–H groups in total. The van der Waals surface area contributed by atoms with E-state index < -0.39 is 0 Å². The second-order valence-electron chi connectivity index (χ2n) is 5.99. The molecular formula is C19H21BrClN3O. The van der Waals surface area contributed by atoms with E-state index >= 15 is 0 Å². The standard InChI is InChI=1S/C19H21BrClN3O/c1-25-19-7-4-16(12-18(19)20)13-22-24-10-8-23(9-11-24)14-15-2-5-17(21)6-3-15/h2-7,12-13H,8-11,14H2,1H3. The van der Waals surface area contributed by atoms with Crippen molar-refractivity contribution < 1.29 is 4.74 Å². The molecule has 1 heterocycles. The molecule has 132 valence electrons. The summed E-state index contributed by atoms with van der Waals surface area (Å²) in [4.78, 5) is 2.44. The van der Waals surface area contributed by atoms with Crippen molar-refractivity contribution in [3.8, 4) is 5.75 Å². The highest BCUT2D eigenvalue weighted by molar-refractivity contribution is 9.10. The van der Waals surface area contributed by atoms with Gasteiger partial charge in [-0.05, 0) is 57.4 Å². The van der Waals surface area contributed by atoms with Gasteiger partial charge in [0.15, 0.2) is 0 Å². The molecule has 1 aliphatic rings. The number of nitrogens with zero attached hydrogens (tertiary/aromatic N) is 3. The van der Waals surface area contributed by atoms with Crippen molar-refractivity contribution in [2.75, 3.05) is 33.3 Å². The molecule has 1 fully saturated rings. The maximum absolute atomic E-state index is 5.94. The predicted octanol–water partition coefficient (Wildman–Crippen LogP) is 4.26. The van der Waals surface area contributed by atoms with Gasteiger partial charge in [0.25, 0.3) is 0 Å². The Labute approximate surface area is 162 Å². The van der Waals surface area contributed by atoms with Gasteiger partial charge >= 0.3 is 0 Å². The summed E-state index contributed by atoms with van der Waals surface area (Å²) in [5.41, 5.74) is 2.35. The van der Waals surface area contributed by atoms with E-state index in [9.17, 15) is 0 Å². The summed E-state index contributed by atoms with van der Waals surface area (Å²) >= 11 is 9.44. The van der Waals surface area contributed by atoms with E-state index in [0.717, 1.165) is 53.5 Å². The predicted molar refractivity (Wildman–Crippen MR) is 107 cm³/mol. The minimum absolute atomic E-state index is 0.785. The Morgan fingerprint density at radius 2 is 1.84 bits per heavy atom. The molecule has 6 heteroatoms. The number of hydrogen-bond acceptors (Lipinski definition) is 4. The summed E-state index contributed by atoms with van der Waals surface area (Å²) in [6.07, 6.45) is 1.90. The summed E-state index contributed by atoms with van der Waals surface area (Å²) in [5, 5.41) is 7.51. The molecule has 0 aliphatic carbocycles. The molecule has 0 spiro atoms. The molecule has 4 nitrogen and oxygen atoms in total. The first-order chi connectivity index (χ1) is 12.1. The van der Waals surface area contributed by atoms with E-state index in [4.69, 9.17) is 16.3 Å². The molecule has 1 aliphatic heterocycles. The average molecular weight is 423 g/mol. The fraction of sp³-hybridized carbons (Fsp3) is 0.316. The molecule has 3 rings (SSSR count).